The molecule has 0 N–H and O–H groups in total. The molecule has 2 heterocycles. The van der Waals surface area contributed by atoms with Gasteiger partial charge < -0.3 is 4.42 Å². The van der Waals surface area contributed by atoms with Gasteiger partial charge in [-0.3, -0.25) is 0 Å². The van der Waals surface area contributed by atoms with Crippen LogP contribution in [0.4, 0.5) is 0 Å². The van der Waals surface area contributed by atoms with Crippen LogP contribution in [-0.2, 0) is 5.41 Å². The fourth-order valence-corrected chi connectivity index (χ4v) is 6.15. The molecule has 0 fully saturated rings. The molecule has 0 radical (unpaired) electrons. The van der Waals surface area contributed by atoms with Crippen LogP contribution in [0.3, 0.4) is 0 Å². The summed E-state index contributed by atoms with van der Waals surface area (Å²) in [6.45, 7) is 0. The van der Waals surface area contributed by atoms with E-state index < -0.39 is 5.41 Å². The molecule has 6 aromatic rings. The first-order valence-electron chi connectivity index (χ1n) is 12.0. The van der Waals surface area contributed by atoms with Crippen LogP contribution >= 0.6 is 0 Å². The van der Waals surface area contributed by atoms with Gasteiger partial charge in [0.25, 0.3) is 0 Å². The second-order valence-electron chi connectivity index (χ2n) is 9.36. The second-order valence-corrected chi connectivity index (χ2v) is 9.36. The molecular formula is C32H20N2O. The van der Waals surface area contributed by atoms with Crippen LogP contribution in [-0.4, -0.2) is 9.97 Å². The van der Waals surface area contributed by atoms with E-state index in [9.17, 15) is 0 Å². The number of nitrogens with zero attached hydrogens (tertiary/aromatic N) is 2. The summed E-state index contributed by atoms with van der Waals surface area (Å²) in [6.07, 6.45) is 4.71. The molecule has 3 heteroatoms. The summed E-state index contributed by atoms with van der Waals surface area (Å²) in [5.74, 6) is 0.939. The van der Waals surface area contributed by atoms with Crippen LogP contribution in [0.1, 0.15) is 33.9 Å². The minimum atomic E-state index is -0.528. The highest BCUT2D eigenvalue weighted by atomic mass is 16.3. The Labute approximate surface area is 202 Å². The molecule has 3 aliphatic rings. The minimum Gasteiger partial charge on any atom is -0.438 e. The topological polar surface area (TPSA) is 38.9 Å². The first-order valence-corrected chi connectivity index (χ1v) is 12.0. The fraction of sp³-hybridized carbons (Fsp3) is 0.0625. The first kappa shape index (κ1) is 18.9. The average Bonchev–Trinajstić information content (AvgIpc) is 3.32. The van der Waals surface area contributed by atoms with E-state index in [4.69, 9.17) is 14.4 Å². The number of furan rings is 1. The van der Waals surface area contributed by atoms with Gasteiger partial charge in [-0.1, -0.05) is 109 Å². The van der Waals surface area contributed by atoms with Gasteiger partial charge in [-0.05, 0) is 28.3 Å². The predicted octanol–water partition coefficient (Wildman–Crippen LogP) is 7.39. The van der Waals surface area contributed by atoms with E-state index in [0.717, 1.165) is 27.6 Å². The molecule has 4 aromatic carbocycles. The third-order valence-electron chi connectivity index (χ3n) is 7.62. The van der Waals surface area contributed by atoms with E-state index in [1.165, 1.54) is 22.3 Å². The Hall–Kier alpha value is -4.50. The van der Waals surface area contributed by atoms with Crippen molar-refractivity contribution in [3.05, 3.63) is 143 Å². The highest BCUT2D eigenvalue weighted by Crippen LogP contribution is 2.56. The third kappa shape index (κ3) is 2.40. The normalized spacial score (nSPS) is 19.7. The Balaban J connectivity index is 1.58. The predicted molar refractivity (Wildman–Crippen MR) is 138 cm³/mol. The van der Waals surface area contributed by atoms with Crippen LogP contribution in [0.15, 0.2) is 120 Å². The molecular weight excluding hydrogens is 428 g/mol. The minimum absolute atomic E-state index is 0.260. The number of hydrogen-bond donors (Lipinski definition) is 0. The zero-order valence-electron chi connectivity index (χ0n) is 18.8. The van der Waals surface area contributed by atoms with Gasteiger partial charge in [-0.25, -0.2) is 4.98 Å². The van der Waals surface area contributed by atoms with E-state index in [-0.39, 0.29) is 5.92 Å². The van der Waals surface area contributed by atoms with Gasteiger partial charge >= 0.3 is 0 Å². The van der Waals surface area contributed by atoms with Crippen molar-refractivity contribution in [3.8, 4) is 11.4 Å². The van der Waals surface area contributed by atoms with Gasteiger partial charge in [0.2, 0.25) is 5.71 Å². The number of fused-ring (bicyclic) bond motifs is 3. The molecule has 2 bridgehead atoms. The summed E-state index contributed by atoms with van der Waals surface area (Å²) in [6, 6.07) is 36.0. The molecule has 0 saturated carbocycles. The van der Waals surface area contributed by atoms with E-state index in [0.29, 0.717) is 11.5 Å². The van der Waals surface area contributed by atoms with Crippen LogP contribution in [0.2, 0.25) is 0 Å². The van der Waals surface area contributed by atoms with Crippen molar-refractivity contribution in [3.63, 3.8) is 0 Å². The van der Waals surface area contributed by atoms with Gasteiger partial charge in [-0.2, -0.15) is 4.98 Å². The molecule has 164 valence electrons. The second kappa shape index (κ2) is 6.77. The Morgan fingerprint density at radius 2 is 1.31 bits per heavy atom. The summed E-state index contributed by atoms with van der Waals surface area (Å²) in [4.78, 5) is 10.3. The number of hydrogen-bond acceptors (Lipinski definition) is 3. The van der Waals surface area contributed by atoms with E-state index in [2.05, 4.69) is 84.9 Å². The lowest BCUT2D eigenvalue weighted by Crippen LogP contribution is -2.38. The Kier molecular flexibility index (Phi) is 3.65. The number of allylic oxidation sites excluding steroid dienone is 2. The van der Waals surface area contributed by atoms with E-state index in [1.807, 2.05) is 30.3 Å². The Bertz CT molecular complexity index is 1770. The fourth-order valence-electron chi connectivity index (χ4n) is 6.15. The molecule has 0 unspecified atom stereocenters. The maximum Gasteiger partial charge on any atom is 0.231 e. The third-order valence-corrected chi connectivity index (χ3v) is 7.62. The average molecular weight is 449 g/mol. The lowest BCUT2D eigenvalue weighted by Gasteiger charge is -2.45. The lowest BCUT2D eigenvalue weighted by molar-refractivity contribution is 0.641. The molecule has 0 aliphatic heterocycles. The zero-order chi connectivity index (χ0) is 23.0. The smallest absolute Gasteiger partial charge is 0.231 e. The standard InChI is InChI=1S/C32H20N2O/c1-2-10-20(11-3-1)30-33-29(28-24-14-6-9-17-27(24)35-31(28)34-30)32-19-18-21(22-12-4-7-15-25(22)32)23-13-5-8-16-26(23)32/h1-19,21H. The van der Waals surface area contributed by atoms with Crippen molar-refractivity contribution < 1.29 is 4.42 Å². The van der Waals surface area contributed by atoms with Crippen molar-refractivity contribution in [2.24, 2.45) is 0 Å². The molecule has 0 spiro atoms. The lowest BCUT2D eigenvalue weighted by atomic mass is 9.57. The van der Waals surface area contributed by atoms with Crippen LogP contribution in [0.25, 0.3) is 33.5 Å². The number of aromatic nitrogens is 2. The Morgan fingerprint density at radius 1 is 0.657 bits per heavy atom. The first-order chi connectivity index (χ1) is 17.3. The highest BCUT2D eigenvalue weighted by molar-refractivity contribution is 6.06. The maximum atomic E-state index is 6.35. The zero-order valence-corrected chi connectivity index (χ0v) is 18.8. The molecule has 2 aromatic heterocycles. The number of para-hydroxylation sites is 1. The van der Waals surface area contributed by atoms with Crippen molar-refractivity contribution in [2.45, 2.75) is 11.3 Å². The summed E-state index contributed by atoms with van der Waals surface area (Å²) in [5, 5.41) is 2.03. The SMILES string of the molecule is C1=CC2(c3nc(-c4ccccc4)nc4oc5ccccc5c34)c3ccccc3C1c1ccccc12. The quantitative estimate of drug-likeness (QED) is 0.259. The highest BCUT2D eigenvalue weighted by Gasteiger charge is 2.48. The number of benzene rings is 4. The van der Waals surface area contributed by atoms with Gasteiger partial charge in [0.15, 0.2) is 5.82 Å². The van der Waals surface area contributed by atoms with Gasteiger partial charge in [0, 0.05) is 16.9 Å². The molecule has 9 rings (SSSR count). The van der Waals surface area contributed by atoms with E-state index >= 15 is 0 Å². The van der Waals surface area contributed by atoms with Crippen molar-refractivity contribution in [1.82, 2.24) is 9.97 Å². The monoisotopic (exact) mass is 448 g/mol. The van der Waals surface area contributed by atoms with E-state index in [1.54, 1.807) is 0 Å². The maximum absolute atomic E-state index is 6.35. The van der Waals surface area contributed by atoms with Crippen molar-refractivity contribution >= 4 is 22.1 Å². The van der Waals surface area contributed by atoms with Gasteiger partial charge in [0.1, 0.15) is 5.58 Å². The number of rotatable bonds is 2. The largest absolute Gasteiger partial charge is 0.438 e. The van der Waals surface area contributed by atoms with Gasteiger partial charge in [0.05, 0.1) is 16.5 Å². The summed E-state index contributed by atoms with van der Waals surface area (Å²) in [5.41, 5.74) is 8.13. The van der Waals surface area contributed by atoms with Crippen molar-refractivity contribution in [1.29, 1.82) is 0 Å². The summed E-state index contributed by atoms with van der Waals surface area (Å²) >= 11 is 0. The van der Waals surface area contributed by atoms with Crippen LogP contribution < -0.4 is 0 Å². The summed E-state index contributed by atoms with van der Waals surface area (Å²) < 4.78 is 6.35. The molecule has 35 heavy (non-hydrogen) atoms. The molecule has 3 aliphatic carbocycles. The molecule has 0 amide bonds. The molecule has 0 atom stereocenters. The molecule has 0 saturated heterocycles. The van der Waals surface area contributed by atoms with Crippen molar-refractivity contribution in [2.75, 3.05) is 0 Å². The Morgan fingerprint density at radius 3 is 2.09 bits per heavy atom. The van der Waals surface area contributed by atoms with Crippen LogP contribution in [0, 0.1) is 0 Å². The van der Waals surface area contributed by atoms with Gasteiger partial charge in [-0.15, -0.1) is 0 Å². The van der Waals surface area contributed by atoms with Crippen LogP contribution in [0.5, 0.6) is 0 Å². The summed E-state index contributed by atoms with van der Waals surface area (Å²) in [7, 11) is 0. The molecule has 3 nitrogen and oxygen atoms in total.